The molecule has 1 aliphatic carbocycles. The van der Waals surface area contributed by atoms with Crippen LogP contribution in [0.3, 0.4) is 0 Å². The quantitative estimate of drug-likeness (QED) is 0.428. The van der Waals surface area contributed by atoms with Crippen LogP contribution in [0.15, 0.2) is 29.3 Å². The van der Waals surface area contributed by atoms with Crippen molar-refractivity contribution in [3.8, 4) is 0 Å². The Morgan fingerprint density at radius 3 is 2.61 bits per heavy atom. The lowest BCUT2D eigenvalue weighted by Crippen LogP contribution is -2.45. The lowest BCUT2D eigenvalue weighted by atomic mass is 10.1. The maximum Gasteiger partial charge on any atom is 0.338 e. The second-order valence-corrected chi connectivity index (χ2v) is 7.68. The number of hydrogen-bond donors (Lipinski definition) is 2. The van der Waals surface area contributed by atoms with E-state index in [1.54, 1.807) is 12.1 Å². The van der Waals surface area contributed by atoms with Gasteiger partial charge in [0.15, 0.2) is 5.96 Å². The molecule has 0 spiro atoms. The third-order valence-corrected chi connectivity index (χ3v) is 5.63. The third-order valence-electron chi connectivity index (χ3n) is 5.63. The number of carbonyl (C=O) groups excluding carboxylic acids is 1. The smallest absolute Gasteiger partial charge is 0.338 e. The zero-order chi connectivity index (χ0) is 19.8. The molecule has 1 aromatic carbocycles. The van der Waals surface area contributed by atoms with Gasteiger partial charge in [-0.1, -0.05) is 25.0 Å². The van der Waals surface area contributed by atoms with E-state index >= 15 is 0 Å². The largest absolute Gasteiger partial charge is 0.462 e. The molecule has 1 heterocycles. The van der Waals surface area contributed by atoms with Crippen LogP contribution in [0.5, 0.6) is 0 Å². The van der Waals surface area contributed by atoms with Gasteiger partial charge in [0, 0.05) is 31.7 Å². The van der Waals surface area contributed by atoms with Crippen LogP contribution in [0.25, 0.3) is 0 Å². The highest BCUT2D eigenvalue weighted by Crippen LogP contribution is 2.26. The van der Waals surface area contributed by atoms with Gasteiger partial charge in [-0.15, -0.1) is 0 Å². The molecule has 1 saturated carbocycles. The number of aliphatic imine (C=N–C) groups is 1. The van der Waals surface area contributed by atoms with Gasteiger partial charge in [0.2, 0.25) is 0 Å². The van der Waals surface area contributed by atoms with E-state index in [2.05, 4.69) is 22.5 Å². The van der Waals surface area contributed by atoms with Crippen molar-refractivity contribution in [1.29, 1.82) is 0 Å². The molecule has 3 rings (SSSR count). The number of nitrogens with one attached hydrogen (secondary N) is 2. The van der Waals surface area contributed by atoms with E-state index in [-0.39, 0.29) is 5.97 Å². The summed E-state index contributed by atoms with van der Waals surface area (Å²) in [4.78, 5) is 19.1. The first-order valence-electron chi connectivity index (χ1n) is 10.7. The summed E-state index contributed by atoms with van der Waals surface area (Å²) in [6.07, 6.45) is 6.68. The zero-order valence-electron chi connectivity index (χ0n) is 17.2. The van der Waals surface area contributed by atoms with Crippen LogP contribution in [0.4, 0.5) is 0 Å². The minimum Gasteiger partial charge on any atom is -0.462 e. The molecule has 1 aromatic rings. The average molecular weight is 387 g/mol. The molecule has 6 nitrogen and oxygen atoms in total. The summed E-state index contributed by atoms with van der Waals surface area (Å²) in [5, 5.41) is 6.97. The van der Waals surface area contributed by atoms with Crippen LogP contribution in [-0.4, -0.2) is 55.2 Å². The number of ether oxygens (including phenoxy) is 1. The predicted octanol–water partition coefficient (Wildman–Crippen LogP) is 2.94. The number of benzene rings is 1. The van der Waals surface area contributed by atoms with Crippen LogP contribution in [0.1, 0.15) is 61.9 Å². The Balaban J connectivity index is 1.53. The van der Waals surface area contributed by atoms with E-state index in [1.165, 1.54) is 38.6 Å². The highest BCUT2D eigenvalue weighted by Gasteiger charge is 2.30. The normalized spacial score (nSPS) is 21.1. The number of rotatable bonds is 7. The molecule has 0 amide bonds. The second kappa shape index (κ2) is 10.5. The molecule has 0 bridgehead atoms. The van der Waals surface area contributed by atoms with E-state index in [1.807, 2.05) is 19.1 Å². The minimum atomic E-state index is -0.277. The van der Waals surface area contributed by atoms with Crippen molar-refractivity contribution in [3.63, 3.8) is 0 Å². The third kappa shape index (κ3) is 5.71. The van der Waals surface area contributed by atoms with Gasteiger partial charge in [0.25, 0.3) is 0 Å². The molecule has 2 N–H and O–H groups in total. The molecule has 1 saturated heterocycles. The summed E-state index contributed by atoms with van der Waals surface area (Å²) < 4.78 is 5.03. The number of carbonyl (C=O) groups is 1. The lowest BCUT2D eigenvalue weighted by Gasteiger charge is -2.24. The van der Waals surface area contributed by atoms with Gasteiger partial charge >= 0.3 is 5.97 Å². The lowest BCUT2D eigenvalue weighted by molar-refractivity contribution is 0.0526. The topological polar surface area (TPSA) is 66.0 Å². The first-order valence-corrected chi connectivity index (χ1v) is 10.7. The first kappa shape index (κ1) is 20.6. The molecule has 28 heavy (non-hydrogen) atoms. The number of esters is 1. The molecular formula is C22H34N4O2. The van der Waals surface area contributed by atoms with Crippen molar-refractivity contribution >= 4 is 11.9 Å². The summed E-state index contributed by atoms with van der Waals surface area (Å²) in [6, 6.07) is 8.75. The van der Waals surface area contributed by atoms with Crippen molar-refractivity contribution in [1.82, 2.24) is 15.5 Å². The standard InChI is InChI=1S/C22H34N4O2/c1-3-23-22(25-19-13-14-26(16-19)20-7-5-6-8-20)24-15-17-9-11-18(12-10-17)21(27)28-4-2/h9-12,19-20H,3-8,13-16H2,1-2H3,(H2,23,24,25). The summed E-state index contributed by atoms with van der Waals surface area (Å²) in [6.45, 7) is 8.02. The molecule has 1 aliphatic heterocycles. The molecule has 0 radical (unpaired) electrons. The van der Waals surface area contributed by atoms with Gasteiger partial charge in [0.05, 0.1) is 18.7 Å². The summed E-state index contributed by atoms with van der Waals surface area (Å²) in [7, 11) is 0. The Bertz CT molecular complexity index is 653. The van der Waals surface area contributed by atoms with E-state index in [9.17, 15) is 4.79 Å². The molecule has 154 valence electrons. The van der Waals surface area contributed by atoms with Gasteiger partial charge in [-0.2, -0.15) is 0 Å². The van der Waals surface area contributed by atoms with Crippen molar-refractivity contribution in [2.24, 2.45) is 4.99 Å². The fourth-order valence-electron chi connectivity index (χ4n) is 4.15. The summed E-state index contributed by atoms with van der Waals surface area (Å²) in [5.74, 6) is 0.593. The Kier molecular flexibility index (Phi) is 7.71. The van der Waals surface area contributed by atoms with Crippen molar-refractivity contribution in [2.75, 3.05) is 26.2 Å². The Hall–Kier alpha value is -2.08. The van der Waals surface area contributed by atoms with E-state index in [0.29, 0.717) is 24.8 Å². The molecule has 2 aliphatic rings. The van der Waals surface area contributed by atoms with Gasteiger partial charge in [0.1, 0.15) is 0 Å². The van der Waals surface area contributed by atoms with Crippen molar-refractivity contribution < 1.29 is 9.53 Å². The zero-order valence-corrected chi connectivity index (χ0v) is 17.2. The fourth-order valence-corrected chi connectivity index (χ4v) is 4.15. The predicted molar refractivity (Wildman–Crippen MR) is 113 cm³/mol. The first-order chi connectivity index (χ1) is 13.7. The molecule has 1 unspecified atom stereocenters. The monoisotopic (exact) mass is 386 g/mol. The highest BCUT2D eigenvalue weighted by molar-refractivity contribution is 5.89. The second-order valence-electron chi connectivity index (χ2n) is 7.68. The van der Waals surface area contributed by atoms with Gasteiger partial charge in [-0.3, -0.25) is 4.90 Å². The Morgan fingerprint density at radius 2 is 1.93 bits per heavy atom. The molecule has 0 aromatic heterocycles. The molecule has 1 atom stereocenters. The average Bonchev–Trinajstić information content (AvgIpc) is 3.39. The van der Waals surface area contributed by atoms with Crippen LogP contribution in [0.2, 0.25) is 0 Å². The van der Waals surface area contributed by atoms with Crippen LogP contribution < -0.4 is 10.6 Å². The van der Waals surface area contributed by atoms with Gasteiger partial charge in [-0.05, 0) is 50.8 Å². The fraction of sp³-hybridized carbons (Fsp3) is 0.636. The van der Waals surface area contributed by atoms with Crippen LogP contribution in [0, 0.1) is 0 Å². The maximum absolute atomic E-state index is 11.7. The minimum absolute atomic E-state index is 0.277. The number of nitrogens with zero attached hydrogens (tertiary/aromatic N) is 2. The molecular weight excluding hydrogens is 352 g/mol. The molecule has 6 heteroatoms. The van der Waals surface area contributed by atoms with Crippen LogP contribution >= 0.6 is 0 Å². The summed E-state index contributed by atoms with van der Waals surface area (Å²) in [5.41, 5.74) is 1.65. The van der Waals surface area contributed by atoms with Gasteiger partial charge < -0.3 is 15.4 Å². The van der Waals surface area contributed by atoms with Crippen molar-refractivity contribution in [3.05, 3.63) is 35.4 Å². The Labute approximate surface area is 168 Å². The number of guanidine groups is 1. The van der Waals surface area contributed by atoms with E-state index < -0.39 is 0 Å². The number of likely N-dealkylation sites (tertiary alicyclic amines) is 1. The summed E-state index contributed by atoms with van der Waals surface area (Å²) >= 11 is 0. The van der Waals surface area contributed by atoms with Gasteiger partial charge in [-0.25, -0.2) is 9.79 Å². The van der Waals surface area contributed by atoms with Crippen molar-refractivity contribution in [2.45, 2.75) is 64.6 Å². The Morgan fingerprint density at radius 1 is 1.18 bits per heavy atom. The van der Waals surface area contributed by atoms with Crippen LogP contribution in [-0.2, 0) is 11.3 Å². The van der Waals surface area contributed by atoms with E-state index in [4.69, 9.17) is 9.73 Å². The number of hydrogen-bond acceptors (Lipinski definition) is 4. The molecule has 2 fully saturated rings. The maximum atomic E-state index is 11.7. The van der Waals surface area contributed by atoms with E-state index in [0.717, 1.165) is 30.7 Å². The highest BCUT2D eigenvalue weighted by atomic mass is 16.5. The SMILES string of the molecule is CCNC(=NCc1ccc(C(=O)OCC)cc1)NC1CCN(C2CCCC2)C1.